The third kappa shape index (κ3) is 5.78. The van der Waals surface area contributed by atoms with Gasteiger partial charge in [0, 0.05) is 12.6 Å². The lowest BCUT2D eigenvalue weighted by Crippen LogP contribution is -2.34. The number of carbonyl (C=O) groups excluding carboxylic acids is 2. The average molecular weight is 371 g/mol. The first kappa shape index (κ1) is 19.3. The van der Waals surface area contributed by atoms with Crippen LogP contribution in [0.5, 0.6) is 0 Å². The standard InChI is InChI=1S/C19H18FN3O2S/c1-2-21-18(25)15-5-3-4-6-16(15)22-19(26)23-17(24)12-9-13-7-10-14(20)11-8-13/h3-12H,2H2,1H3,(H,21,25)(H2,22,23,24,26)/b12-9+. The lowest BCUT2D eigenvalue weighted by Gasteiger charge is -2.12. The number of hydrogen-bond donors (Lipinski definition) is 3. The van der Waals surface area contributed by atoms with E-state index in [4.69, 9.17) is 12.2 Å². The second-order valence-electron chi connectivity index (χ2n) is 5.23. The van der Waals surface area contributed by atoms with Crippen LogP contribution in [0, 0.1) is 5.82 Å². The fourth-order valence-electron chi connectivity index (χ4n) is 2.10. The van der Waals surface area contributed by atoms with Gasteiger partial charge in [0.25, 0.3) is 5.91 Å². The number of thiocarbonyl (C=S) groups is 1. The molecule has 134 valence electrons. The van der Waals surface area contributed by atoms with Crippen LogP contribution in [0.3, 0.4) is 0 Å². The molecule has 0 heterocycles. The number of rotatable bonds is 5. The molecule has 0 aliphatic rings. The first-order valence-electron chi connectivity index (χ1n) is 7.92. The fraction of sp³-hybridized carbons (Fsp3) is 0.105. The maximum Gasteiger partial charge on any atom is 0.253 e. The second kappa shape index (κ2) is 9.43. The SMILES string of the molecule is CCNC(=O)c1ccccc1NC(=S)NC(=O)/C=C/c1ccc(F)cc1. The van der Waals surface area contributed by atoms with E-state index < -0.39 is 5.91 Å². The number of halogens is 1. The van der Waals surface area contributed by atoms with Crippen molar-refractivity contribution in [1.82, 2.24) is 10.6 Å². The molecule has 0 spiro atoms. The highest BCUT2D eigenvalue weighted by atomic mass is 32.1. The van der Waals surface area contributed by atoms with E-state index in [1.807, 2.05) is 6.92 Å². The molecule has 0 bridgehead atoms. The highest BCUT2D eigenvalue weighted by Gasteiger charge is 2.11. The lowest BCUT2D eigenvalue weighted by atomic mass is 10.1. The van der Waals surface area contributed by atoms with E-state index in [0.29, 0.717) is 23.4 Å². The Kier molecular flexibility index (Phi) is 6.99. The van der Waals surface area contributed by atoms with Crippen molar-refractivity contribution >= 4 is 40.9 Å². The van der Waals surface area contributed by atoms with Crippen molar-refractivity contribution in [1.29, 1.82) is 0 Å². The van der Waals surface area contributed by atoms with Crippen LogP contribution in [0.25, 0.3) is 6.08 Å². The Hall–Kier alpha value is -3.06. The summed E-state index contributed by atoms with van der Waals surface area (Å²) in [5.41, 5.74) is 1.60. The first-order valence-corrected chi connectivity index (χ1v) is 8.33. The van der Waals surface area contributed by atoms with Gasteiger partial charge in [0.2, 0.25) is 5.91 Å². The van der Waals surface area contributed by atoms with Crippen molar-refractivity contribution < 1.29 is 14.0 Å². The number of hydrogen-bond acceptors (Lipinski definition) is 3. The Morgan fingerprint density at radius 3 is 2.50 bits per heavy atom. The van der Waals surface area contributed by atoms with Crippen molar-refractivity contribution in [3.63, 3.8) is 0 Å². The van der Waals surface area contributed by atoms with Crippen molar-refractivity contribution in [2.45, 2.75) is 6.92 Å². The van der Waals surface area contributed by atoms with E-state index in [2.05, 4.69) is 16.0 Å². The minimum Gasteiger partial charge on any atom is -0.352 e. The van der Waals surface area contributed by atoms with Gasteiger partial charge in [0.15, 0.2) is 5.11 Å². The molecule has 5 nitrogen and oxygen atoms in total. The molecule has 26 heavy (non-hydrogen) atoms. The molecule has 2 aromatic rings. The molecule has 0 radical (unpaired) electrons. The summed E-state index contributed by atoms with van der Waals surface area (Å²) in [5.74, 6) is -1.02. The molecular formula is C19H18FN3O2S. The van der Waals surface area contributed by atoms with Gasteiger partial charge in [0.05, 0.1) is 11.3 Å². The predicted octanol–water partition coefficient (Wildman–Crippen LogP) is 3.10. The zero-order chi connectivity index (χ0) is 18.9. The van der Waals surface area contributed by atoms with Gasteiger partial charge in [-0.2, -0.15) is 0 Å². The van der Waals surface area contributed by atoms with Gasteiger partial charge < -0.3 is 10.6 Å². The van der Waals surface area contributed by atoms with Crippen molar-refractivity contribution in [2.24, 2.45) is 0 Å². The monoisotopic (exact) mass is 371 g/mol. The number of amides is 2. The number of para-hydroxylation sites is 1. The molecule has 0 fully saturated rings. The third-order valence-electron chi connectivity index (χ3n) is 3.29. The van der Waals surface area contributed by atoms with Crippen LogP contribution in [0.4, 0.5) is 10.1 Å². The van der Waals surface area contributed by atoms with Gasteiger partial charge in [-0.25, -0.2) is 4.39 Å². The molecule has 0 unspecified atom stereocenters. The molecular weight excluding hydrogens is 353 g/mol. The maximum absolute atomic E-state index is 12.8. The topological polar surface area (TPSA) is 70.2 Å². The molecule has 0 aliphatic carbocycles. The first-order chi connectivity index (χ1) is 12.5. The van der Waals surface area contributed by atoms with Gasteiger partial charge in [0.1, 0.15) is 5.82 Å². The summed E-state index contributed by atoms with van der Waals surface area (Å²) in [5, 5.41) is 8.12. The van der Waals surface area contributed by atoms with E-state index in [1.54, 1.807) is 42.5 Å². The van der Waals surface area contributed by atoms with Crippen LogP contribution in [0.1, 0.15) is 22.8 Å². The highest BCUT2D eigenvalue weighted by molar-refractivity contribution is 7.80. The van der Waals surface area contributed by atoms with E-state index >= 15 is 0 Å². The van der Waals surface area contributed by atoms with Gasteiger partial charge in [-0.05, 0) is 55.0 Å². The summed E-state index contributed by atoms with van der Waals surface area (Å²) >= 11 is 5.11. The zero-order valence-corrected chi connectivity index (χ0v) is 14.9. The van der Waals surface area contributed by atoms with Gasteiger partial charge in [-0.3, -0.25) is 14.9 Å². The van der Waals surface area contributed by atoms with Crippen LogP contribution in [-0.4, -0.2) is 23.5 Å². The summed E-state index contributed by atoms with van der Waals surface area (Å²) in [6.45, 7) is 2.33. The minimum absolute atomic E-state index is 0.0653. The Morgan fingerprint density at radius 1 is 1.12 bits per heavy atom. The van der Waals surface area contributed by atoms with E-state index in [-0.39, 0.29) is 16.8 Å². The van der Waals surface area contributed by atoms with Crippen molar-refractivity contribution in [3.05, 3.63) is 71.6 Å². The van der Waals surface area contributed by atoms with Gasteiger partial charge in [-0.1, -0.05) is 24.3 Å². The number of nitrogens with one attached hydrogen (secondary N) is 3. The number of carbonyl (C=O) groups is 2. The van der Waals surface area contributed by atoms with E-state index in [0.717, 1.165) is 0 Å². The Morgan fingerprint density at radius 2 is 1.81 bits per heavy atom. The normalized spacial score (nSPS) is 10.4. The Balaban J connectivity index is 1.97. The number of benzene rings is 2. The summed E-state index contributed by atoms with van der Waals surface area (Å²) in [4.78, 5) is 24.0. The van der Waals surface area contributed by atoms with Crippen LogP contribution in [0.2, 0.25) is 0 Å². The quantitative estimate of drug-likeness (QED) is 0.558. The smallest absolute Gasteiger partial charge is 0.253 e. The second-order valence-corrected chi connectivity index (χ2v) is 5.64. The molecule has 0 saturated carbocycles. The zero-order valence-electron chi connectivity index (χ0n) is 14.1. The molecule has 2 rings (SSSR count). The summed E-state index contributed by atoms with van der Waals surface area (Å²) in [7, 11) is 0. The van der Waals surface area contributed by atoms with E-state index in [1.165, 1.54) is 18.2 Å². The molecule has 2 amide bonds. The predicted molar refractivity (Wildman–Crippen MR) is 104 cm³/mol. The molecule has 0 aromatic heterocycles. The molecule has 7 heteroatoms. The summed E-state index contributed by atoms with van der Waals surface area (Å²) in [6.07, 6.45) is 2.83. The van der Waals surface area contributed by atoms with Crippen LogP contribution < -0.4 is 16.0 Å². The Labute approximate surface area is 156 Å². The third-order valence-corrected chi connectivity index (χ3v) is 3.50. The molecule has 2 aromatic carbocycles. The van der Waals surface area contributed by atoms with Gasteiger partial charge in [-0.15, -0.1) is 0 Å². The van der Waals surface area contributed by atoms with Crippen LogP contribution >= 0.6 is 12.2 Å². The average Bonchev–Trinajstić information content (AvgIpc) is 2.62. The largest absolute Gasteiger partial charge is 0.352 e. The van der Waals surface area contributed by atoms with E-state index in [9.17, 15) is 14.0 Å². The molecule has 0 atom stereocenters. The Bertz CT molecular complexity index is 835. The minimum atomic E-state index is -0.442. The van der Waals surface area contributed by atoms with Crippen molar-refractivity contribution in [2.75, 3.05) is 11.9 Å². The molecule has 3 N–H and O–H groups in total. The van der Waals surface area contributed by atoms with Gasteiger partial charge >= 0.3 is 0 Å². The summed E-state index contributed by atoms with van der Waals surface area (Å²) < 4.78 is 12.8. The summed E-state index contributed by atoms with van der Waals surface area (Å²) in [6, 6.07) is 12.6. The van der Waals surface area contributed by atoms with Crippen LogP contribution in [-0.2, 0) is 4.79 Å². The van der Waals surface area contributed by atoms with Crippen LogP contribution in [0.15, 0.2) is 54.6 Å². The highest BCUT2D eigenvalue weighted by Crippen LogP contribution is 2.14. The van der Waals surface area contributed by atoms with Crippen molar-refractivity contribution in [3.8, 4) is 0 Å². The maximum atomic E-state index is 12.8. The number of anilines is 1. The molecule has 0 saturated heterocycles. The lowest BCUT2D eigenvalue weighted by molar-refractivity contribution is -0.115. The molecule has 0 aliphatic heterocycles. The fourth-order valence-corrected chi connectivity index (χ4v) is 2.31.